The highest BCUT2D eigenvalue weighted by Gasteiger charge is 2.78. The zero-order valence-corrected chi connectivity index (χ0v) is 16.5. The van der Waals surface area contributed by atoms with Crippen LogP contribution in [0.2, 0.25) is 0 Å². The number of hydrogen-bond donors (Lipinski definition) is 6. The minimum Gasteiger partial charge on any atom is -0.393 e. The summed E-state index contributed by atoms with van der Waals surface area (Å²) in [5.74, 6) is -3.67. The molecule has 4 aliphatic rings. The van der Waals surface area contributed by atoms with Crippen LogP contribution in [0.1, 0.15) is 34.1 Å². The summed E-state index contributed by atoms with van der Waals surface area (Å²) >= 11 is 0. The molecule has 1 saturated heterocycles. The van der Waals surface area contributed by atoms with Crippen LogP contribution in [0.4, 0.5) is 0 Å². The molecule has 1 aliphatic heterocycles. The standard InChI is InChI=1S/C20H30O8/c1-8-5-11-19(26)9(2)6-10(22)12-13(19)15(28-17(12,3)4)18(25,7-21)16(24)20(11,27)14(8)23/h5,9,11-16,21,23-27H,6-7H2,1-4H3/t9-,11+,12-,13-,14+,15-,16-,18+,19+,20-/m1/s1. The van der Waals surface area contributed by atoms with E-state index in [0.29, 0.717) is 5.57 Å². The van der Waals surface area contributed by atoms with E-state index in [-0.39, 0.29) is 12.2 Å². The second-order valence-corrected chi connectivity index (χ2v) is 9.83. The number of fused-ring (bicyclic) bond motifs is 2. The van der Waals surface area contributed by atoms with Gasteiger partial charge in [-0.25, -0.2) is 0 Å². The number of rotatable bonds is 1. The summed E-state index contributed by atoms with van der Waals surface area (Å²) in [5.41, 5.74) is -7.17. The van der Waals surface area contributed by atoms with Gasteiger partial charge in [-0.15, -0.1) is 0 Å². The first-order chi connectivity index (χ1) is 12.8. The van der Waals surface area contributed by atoms with Crippen LogP contribution in [0.3, 0.4) is 0 Å². The van der Waals surface area contributed by atoms with Crippen LogP contribution in [0.25, 0.3) is 0 Å². The van der Waals surface area contributed by atoms with Gasteiger partial charge in [-0.2, -0.15) is 0 Å². The van der Waals surface area contributed by atoms with Crippen LogP contribution >= 0.6 is 0 Å². The molecule has 1 heterocycles. The lowest BCUT2D eigenvalue weighted by atomic mass is 9.54. The summed E-state index contributed by atoms with van der Waals surface area (Å²) in [6.07, 6.45) is -3.32. The van der Waals surface area contributed by atoms with Gasteiger partial charge in [0.2, 0.25) is 0 Å². The average molecular weight is 398 g/mol. The van der Waals surface area contributed by atoms with Gasteiger partial charge in [-0.1, -0.05) is 13.0 Å². The van der Waals surface area contributed by atoms with Crippen molar-refractivity contribution in [3.05, 3.63) is 11.6 Å². The van der Waals surface area contributed by atoms with Crippen molar-refractivity contribution in [1.29, 1.82) is 0 Å². The number of hydrogen-bond acceptors (Lipinski definition) is 8. The van der Waals surface area contributed by atoms with Crippen LogP contribution in [0.15, 0.2) is 11.6 Å². The Labute approximate surface area is 163 Å². The summed E-state index contributed by atoms with van der Waals surface area (Å²) < 4.78 is 6.02. The number of aliphatic hydroxyl groups is 6. The Kier molecular flexibility index (Phi) is 4.10. The van der Waals surface area contributed by atoms with Crippen LogP contribution in [0.5, 0.6) is 0 Å². The van der Waals surface area contributed by atoms with E-state index in [0.717, 1.165) is 0 Å². The third-order valence-electron chi connectivity index (χ3n) is 8.00. The molecule has 28 heavy (non-hydrogen) atoms. The highest BCUT2D eigenvalue weighted by molar-refractivity contribution is 5.85. The molecule has 3 fully saturated rings. The molecule has 0 bridgehead atoms. The van der Waals surface area contributed by atoms with E-state index in [1.165, 1.54) is 6.08 Å². The number of carbonyl (C=O) groups excluding carboxylic acids is 1. The summed E-state index contributed by atoms with van der Waals surface area (Å²) in [6, 6.07) is 0. The van der Waals surface area contributed by atoms with Crippen molar-refractivity contribution in [2.45, 2.75) is 74.8 Å². The fourth-order valence-corrected chi connectivity index (χ4v) is 6.60. The third-order valence-corrected chi connectivity index (χ3v) is 8.00. The molecule has 0 unspecified atom stereocenters. The van der Waals surface area contributed by atoms with Gasteiger partial charge in [-0.05, 0) is 32.3 Å². The molecular formula is C20H30O8. The minimum absolute atomic E-state index is 0.0421. The second-order valence-electron chi connectivity index (χ2n) is 9.83. The van der Waals surface area contributed by atoms with Gasteiger partial charge in [0.25, 0.3) is 0 Å². The molecule has 8 heteroatoms. The largest absolute Gasteiger partial charge is 0.393 e. The fourth-order valence-electron chi connectivity index (χ4n) is 6.60. The summed E-state index contributed by atoms with van der Waals surface area (Å²) in [5, 5.41) is 66.7. The Hall–Kier alpha value is -0.870. The van der Waals surface area contributed by atoms with Crippen molar-refractivity contribution in [3.63, 3.8) is 0 Å². The molecule has 0 spiro atoms. The number of aliphatic hydroxyl groups excluding tert-OH is 3. The van der Waals surface area contributed by atoms with Crippen LogP contribution < -0.4 is 0 Å². The van der Waals surface area contributed by atoms with Gasteiger partial charge < -0.3 is 35.4 Å². The molecule has 0 aromatic heterocycles. The van der Waals surface area contributed by atoms with E-state index in [9.17, 15) is 35.4 Å². The Morgan fingerprint density at radius 1 is 1.18 bits per heavy atom. The fraction of sp³-hybridized carbons (Fsp3) is 0.850. The normalized spacial score (nSPS) is 57.4. The number of carbonyl (C=O) groups is 1. The lowest BCUT2D eigenvalue weighted by molar-refractivity contribution is -0.253. The van der Waals surface area contributed by atoms with Gasteiger partial charge in [0, 0.05) is 18.3 Å². The third kappa shape index (κ3) is 2.02. The second kappa shape index (κ2) is 5.63. The van der Waals surface area contributed by atoms with Crippen molar-refractivity contribution in [1.82, 2.24) is 0 Å². The van der Waals surface area contributed by atoms with Gasteiger partial charge >= 0.3 is 0 Å². The van der Waals surface area contributed by atoms with E-state index >= 15 is 0 Å². The van der Waals surface area contributed by atoms with Crippen molar-refractivity contribution in [2.24, 2.45) is 23.7 Å². The lowest BCUT2D eigenvalue weighted by Gasteiger charge is -2.52. The predicted octanol–water partition coefficient (Wildman–Crippen LogP) is -1.50. The van der Waals surface area contributed by atoms with E-state index in [1.54, 1.807) is 27.7 Å². The van der Waals surface area contributed by atoms with Gasteiger partial charge in [-0.3, -0.25) is 4.79 Å². The van der Waals surface area contributed by atoms with Gasteiger partial charge in [0.05, 0.1) is 29.8 Å². The summed E-state index contributed by atoms with van der Waals surface area (Å²) in [7, 11) is 0. The minimum atomic E-state index is -2.38. The Morgan fingerprint density at radius 2 is 1.79 bits per heavy atom. The first-order valence-electron chi connectivity index (χ1n) is 9.80. The molecule has 0 aromatic carbocycles. The molecule has 8 nitrogen and oxygen atoms in total. The molecule has 3 aliphatic carbocycles. The molecule has 4 rings (SSSR count). The maximum atomic E-state index is 12.9. The zero-order valence-electron chi connectivity index (χ0n) is 16.5. The van der Waals surface area contributed by atoms with E-state index < -0.39 is 71.0 Å². The van der Waals surface area contributed by atoms with Crippen molar-refractivity contribution >= 4 is 5.78 Å². The van der Waals surface area contributed by atoms with Crippen molar-refractivity contribution in [3.8, 4) is 0 Å². The average Bonchev–Trinajstić information content (AvgIpc) is 3.04. The van der Waals surface area contributed by atoms with Crippen molar-refractivity contribution < 1.29 is 40.2 Å². The topological polar surface area (TPSA) is 148 Å². The van der Waals surface area contributed by atoms with Crippen LogP contribution in [-0.2, 0) is 9.53 Å². The smallest absolute Gasteiger partial charge is 0.143 e. The van der Waals surface area contributed by atoms with Crippen molar-refractivity contribution in [2.75, 3.05) is 6.61 Å². The maximum Gasteiger partial charge on any atom is 0.143 e. The Bertz CT molecular complexity index is 748. The molecule has 10 atom stereocenters. The monoisotopic (exact) mass is 398 g/mol. The zero-order chi connectivity index (χ0) is 21.0. The lowest BCUT2D eigenvalue weighted by Crippen LogP contribution is -2.68. The van der Waals surface area contributed by atoms with Gasteiger partial charge in [0.15, 0.2) is 0 Å². The van der Waals surface area contributed by atoms with E-state index in [1.807, 2.05) is 0 Å². The van der Waals surface area contributed by atoms with Gasteiger partial charge in [0.1, 0.15) is 29.2 Å². The highest BCUT2D eigenvalue weighted by Crippen LogP contribution is 2.63. The summed E-state index contributed by atoms with van der Waals surface area (Å²) in [4.78, 5) is 12.9. The first-order valence-corrected chi connectivity index (χ1v) is 9.80. The number of ketones is 1. The molecule has 0 aromatic rings. The highest BCUT2D eigenvalue weighted by atomic mass is 16.5. The maximum absolute atomic E-state index is 12.9. The van der Waals surface area contributed by atoms with Crippen LogP contribution in [-0.4, -0.2) is 83.7 Å². The Balaban J connectivity index is 2.04. The quantitative estimate of drug-likeness (QED) is 0.293. The molecule has 158 valence electrons. The molecule has 0 amide bonds. The Morgan fingerprint density at radius 3 is 2.36 bits per heavy atom. The van der Waals surface area contributed by atoms with Crippen LogP contribution in [0, 0.1) is 23.7 Å². The molecule has 2 saturated carbocycles. The van der Waals surface area contributed by atoms with E-state index in [4.69, 9.17) is 4.74 Å². The van der Waals surface area contributed by atoms with E-state index in [2.05, 4.69) is 0 Å². The number of ether oxygens (including phenoxy) is 1. The SMILES string of the molecule is CC1=C[C@H]2[C@]3(O)[C@@H]4[C@@H](C(=O)C[C@H]3C)C(C)(C)O[C@H]4[C@@](O)(CO)[C@@H](O)[C@]2(O)[C@H]1O. The molecular weight excluding hydrogens is 368 g/mol. The molecule has 6 N–H and O–H groups in total. The first kappa shape index (κ1) is 20.4. The number of Topliss-reactive ketones (excluding diaryl/α,β-unsaturated/α-hetero) is 1. The summed E-state index contributed by atoms with van der Waals surface area (Å²) in [6.45, 7) is 5.63. The predicted molar refractivity (Wildman–Crippen MR) is 95.9 cm³/mol. The molecule has 0 radical (unpaired) electrons.